The van der Waals surface area contributed by atoms with Crippen molar-refractivity contribution in [1.29, 1.82) is 0 Å². The van der Waals surface area contributed by atoms with Crippen LogP contribution in [0.4, 0.5) is 0 Å². The number of halogens is 1. The van der Waals surface area contributed by atoms with Crippen LogP contribution in [0.15, 0.2) is 53.4 Å². The van der Waals surface area contributed by atoms with Crippen molar-refractivity contribution in [1.82, 2.24) is 9.21 Å². The number of rotatable bonds is 6. The predicted octanol–water partition coefficient (Wildman–Crippen LogP) is 2.90. The molecule has 1 saturated heterocycles. The maximum absolute atomic E-state index is 12.8. The molecule has 0 bridgehead atoms. The van der Waals surface area contributed by atoms with E-state index in [1.807, 2.05) is 18.2 Å². The van der Waals surface area contributed by atoms with Crippen molar-refractivity contribution in [2.24, 2.45) is 0 Å². The SMILES string of the molecule is COc1ccc(S(=O)(=O)N2CCN(CCc3cccc(Cl)c3)CC2)cc1. The summed E-state index contributed by atoms with van der Waals surface area (Å²) < 4.78 is 32.2. The number of piperazine rings is 1. The smallest absolute Gasteiger partial charge is 0.243 e. The molecule has 0 saturated carbocycles. The molecule has 0 N–H and O–H groups in total. The zero-order valence-corrected chi connectivity index (χ0v) is 16.3. The Hall–Kier alpha value is -1.60. The fraction of sp³-hybridized carbons (Fsp3) is 0.368. The van der Waals surface area contributed by atoms with E-state index < -0.39 is 10.0 Å². The Morgan fingerprint density at radius 1 is 1.04 bits per heavy atom. The Morgan fingerprint density at radius 3 is 2.35 bits per heavy atom. The number of benzene rings is 2. The second-order valence-corrected chi connectivity index (χ2v) is 8.68. The molecular weight excluding hydrogens is 372 g/mol. The molecule has 1 heterocycles. The van der Waals surface area contributed by atoms with Crippen LogP contribution in [0.1, 0.15) is 5.56 Å². The number of sulfonamides is 1. The molecule has 0 spiro atoms. The van der Waals surface area contributed by atoms with Crippen molar-refractivity contribution < 1.29 is 13.2 Å². The van der Waals surface area contributed by atoms with E-state index in [1.165, 1.54) is 5.56 Å². The van der Waals surface area contributed by atoms with Gasteiger partial charge >= 0.3 is 0 Å². The Kier molecular flexibility index (Phi) is 6.19. The van der Waals surface area contributed by atoms with E-state index >= 15 is 0 Å². The number of hydrogen-bond acceptors (Lipinski definition) is 4. The molecule has 5 nitrogen and oxygen atoms in total. The highest BCUT2D eigenvalue weighted by Crippen LogP contribution is 2.21. The zero-order chi connectivity index (χ0) is 18.6. The molecule has 26 heavy (non-hydrogen) atoms. The average Bonchev–Trinajstić information content (AvgIpc) is 2.67. The van der Waals surface area contributed by atoms with Crippen LogP contribution in [0, 0.1) is 0 Å². The van der Waals surface area contributed by atoms with Gasteiger partial charge in [0.05, 0.1) is 12.0 Å². The molecular formula is C19H23ClN2O3S. The van der Waals surface area contributed by atoms with Gasteiger partial charge in [-0.2, -0.15) is 4.31 Å². The van der Waals surface area contributed by atoms with E-state index in [0.717, 1.165) is 31.1 Å². The minimum Gasteiger partial charge on any atom is -0.497 e. The van der Waals surface area contributed by atoms with Gasteiger partial charge in [-0.25, -0.2) is 8.42 Å². The fourth-order valence-corrected chi connectivity index (χ4v) is 4.71. The van der Waals surface area contributed by atoms with Gasteiger partial charge in [-0.05, 0) is 48.4 Å². The summed E-state index contributed by atoms with van der Waals surface area (Å²) in [7, 11) is -1.89. The first-order valence-corrected chi connectivity index (χ1v) is 10.4. The topological polar surface area (TPSA) is 49.9 Å². The summed E-state index contributed by atoms with van der Waals surface area (Å²) in [5.74, 6) is 0.648. The lowest BCUT2D eigenvalue weighted by Crippen LogP contribution is -2.48. The Balaban J connectivity index is 1.55. The number of hydrogen-bond donors (Lipinski definition) is 0. The van der Waals surface area contributed by atoms with Gasteiger partial charge in [0.25, 0.3) is 0 Å². The quantitative estimate of drug-likeness (QED) is 0.755. The third-order valence-electron chi connectivity index (χ3n) is 4.63. The monoisotopic (exact) mass is 394 g/mol. The number of methoxy groups -OCH3 is 1. The van der Waals surface area contributed by atoms with Crippen molar-refractivity contribution in [3.05, 3.63) is 59.1 Å². The minimum atomic E-state index is -3.45. The first kappa shape index (κ1) is 19.2. The van der Waals surface area contributed by atoms with Crippen LogP contribution in [-0.2, 0) is 16.4 Å². The van der Waals surface area contributed by atoms with Crippen LogP contribution in [0.5, 0.6) is 5.75 Å². The number of nitrogens with zero attached hydrogens (tertiary/aromatic N) is 2. The molecule has 0 unspecified atom stereocenters. The van der Waals surface area contributed by atoms with E-state index in [0.29, 0.717) is 23.7 Å². The lowest BCUT2D eigenvalue weighted by atomic mass is 10.1. The van der Waals surface area contributed by atoms with Gasteiger partial charge in [0, 0.05) is 37.7 Å². The molecule has 2 aromatic rings. The lowest BCUT2D eigenvalue weighted by Gasteiger charge is -2.34. The Bertz CT molecular complexity index is 832. The second-order valence-electron chi connectivity index (χ2n) is 6.30. The summed E-state index contributed by atoms with van der Waals surface area (Å²) in [6.45, 7) is 3.37. The highest BCUT2D eigenvalue weighted by Gasteiger charge is 2.28. The van der Waals surface area contributed by atoms with Crippen molar-refractivity contribution in [2.45, 2.75) is 11.3 Å². The van der Waals surface area contributed by atoms with Crippen molar-refractivity contribution in [2.75, 3.05) is 39.8 Å². The minimum absolute atomic E-state index is 0.311. The van der Waals surface area contributed by atoms with Gasteiger partial charge in [0.2, 0.25) is 10.0 Å². The summed E-state index contributed by atoms with van der Waals surface area (Å²) in [4.78, 5) is 2.60. The van der Waals surface area contributed by atoms with E-state index in [2.05, 4.69) is 11.0 Å². The molecule has 0 atom stereocenters. The molecule has 2 aromatic carbocycles. The maximum atomic E-state index is 12.8. The summed E-state index contributed by atoms with van der Waals surface area (Å²) in [6.07, 6.45) is 0.909. The molecule has 1 fully saturated rings. The van der Waals surface area contributed by atoms with Crippen molar-refractivity contribution in [3.8, 4) is 5.75 Å². The van der Waals surface area contributed by atoms with E-state index in [1.54, 1.807) is 35.7 Å². The van der Waals surface area contributed by atoms with Crippen LogP contribution in [0.3, 0.4) is 0 Å². The summed E-state index contributed by atoms with van der Waals surface area (Å²) in [5.41, 5.74) is 1.20. The highest BCUT2D eigenvalue weighted by atomic mass is 35.5. The van der Waals surface area contributed by atoms with Gasteiger partial charge in [-0.3, -0.25) is 0 Å². The molecule has 0 aliphatic carbocycles. The largest absolute Gasteiger partial charge is 0.497 e. The highest BCUT2D eigenvalue weighted by molar-refractivity contribution is 7.89. The fourth-order valence-electron chi connectivity index (χ4n) is 3.07. The van der Waals surface area contributed by atoms with Gasteiger partial charge in [0.1, 0.15) is 5.75 Å². The number of ether oxygens (including phenoxy) is 1. The third kappa shape index (κ3) is 4.57. The van der Waals surface area contributed by atoms with Crippen molar-refractivity contribution >= 4 is 21.6 Å². The molecule has 1 aliphatic heterocycles. The third-order valence-corrected chi connectivity index (χ3v) is 6.78. The van der Waals surface area contributed by atoms with Crippen LogP contribution < -0.4 is 4.74 Å². The first-order valence-electron chi connectivity index (χ1n) is 8.60. The first-order chi connectivity index (χ1) is 12.5. The summed E-state index contributed by atoms with van der Waals surface area (Å²) >= 11 is 6.02. The molecule has 0 amide bonds. The van der Waals surface area contributed by atoms with Gasteiger partial charge in [0.15, 0.2) is 0 Å². The molecule has 140 valence electrons. The lowest BCUT2D eigenvalue weighted by molar-refractivity contribution is 0.190. The predicted molar refractivity (Wildman–Crippen MR) is 103 cm³/mol. The molecule has 3 rings (SSSR count). The van der Waals surface area contributed by atoms with Crippen molar-refractivity contribution in [3.63, 3.8) is 0 Å². The molecule has 1 aliphatic rings. The van der Waals surface area contributed by atoms with E-state index in [-0.39, 0.29) is 0 Å². The average molecular weight is 395 g/mol. The summed E-state index contributed by atoms with van der Waals surface area (Å²) in [6, 6.07) is 14.4. The standard InChI is InChI=1S/C19H23ClN2O3S/c1-25-18-5-7-19(8-6-18)26(23,24)22-13-11-21(12-14-22)10-9-16-3-2-4-17(20)15-16/h2-8,15H,9-14H2,1H3. The van der Waals surface area contributed by atoms with Crippen LogP contribution in [-0.4, -0.2) is 57.5 Å². The Labute approximate surface area is 160 Å². The molecule has 0 radical (unpaired) electrons. The van der Waals surface area contributed by atoms with Gasteiger partial charge < -0.3 is 9.64 Å². The second kappa shape index (κ2) is 8.39. The summed E-state index contributed by atoms with van der Waals surface area (Å²) in [5, 5.41) is 0.748. The van der Waals surface area contributed by atoms with E-state index in [9.17, 15) is 8.42 Å². The molecule has 0 aromatic heterocycles. The molecule has 7 heteroatoms. The van der Waals surface area contributed by atoms with Crippen LogP contribution >= 0.6 is 11.6 Å². The van der Waals surface area contributed by atoms with Crippen LogP contribution in [0.25, 0.3) is 0 Å². The van der Waals surface area contributed by atoms with Gasteiger partial charge in [-0.15, -0.1) is 0 Å². The van der Waals surface area contributed by atoms with Crippen LogP contribution in [0.2, 0.25) is 5.02 Å². The van der Waals surface area contributed by atoms with Gasteiger partial charge in [-0.1, -0.05) is 23.7 Å². The zero-order valence-electron chi connectivity index (χ0n) is 14.8. The van der Waals surface area contributed by atoms with E-state index in [4.69, 9.17) is 16.3 Å². The maximum Gasteiger partial charge on any atom is 0.243 e. The normalized spacial score (nSPS) is 16.5. The Morgan fingerprint density at radius 2 is 1.73 bits per heavy atom.